The van der Waals surface area contributed by atoms with Gasteiger partial charge in [0.05, 0.1) is 12.5 Å². The normalized spacial score (nSPS) is 14.1. The summed E-state index contributed by atoms with van der Waals surface area (Å²) in [7, 11) is 0. The first-order valence-corrected chi connectivity index (χ1v) is 9.47. The van der Waals surface area contributed by atoms with Gasteiger partial charge in [-0.1, -0.05) is 44.2 Å². The van der Waals surface area contributed by atoms with E-state index in [0.717, 1.165) is 24.2 Å². The van der Waals surface area contributed by atoms with Crippen LogP contribution in [0.15, 0.2) is 48.5 Å². The van der Waals surface area contributed by atoms with Crippen molar-refractivity contribution in [2.45, 2.75) is 39.2 Å². The molecular weight excluding hydrogens is 338 g/mol. The molecule has 2 aromatic carbocycles. The Kier molecular flexibility index (Phi) is 5.91. The van der Waals surface area contributed by atoms with Crippen molar-refractivity contribution in [2.24, 2.45) is 11.7 Å². The number of hydrogen-bond acceptors (Lipinski definition) is 3. The molecule has 1 aliphatic rings. The molecule has 1 heterocycles. The number of rotatable bonds is 6. The first-order chi connectivity index (χ1) is 12.9. The van der Waals surface area contributed by atoms with E-state index in [4.69, 9.17) is 5.73 Å². The molecule has 3 N–H and O–H groups in total. The van der Waals surface area contributed by atoms with Crippen LogP contribution < -0.4 is 16.0 Å². The molecule has 5 nitrogen and oxygen atoms in total. The van der Waals surface area contributed by atoms with E-state index in [1.165, 1.54) is 5.56 Å². The van der Waals surface area contributed by atoms with E-state index < -0.39 is 6.04 Å². The molecule has 3 rings (SSSR count). The molecule has 2 amide bonds. The molecule has 142 valence electrons. The summed E-state index contributed by atoms with van der Waals surface area (Å²) in [5.74, 6) is 0.284. The van der Waals surface area contributed by atoms with Crippen LogP contribution in [0.4, 0.5) is 11.4 Å². The summed E-state index contributed by atoms with van der Waals surface area (Å²) in [6, 6.07) is 14.9. The van der Waals surface area contributed by atoms with Gasteiger partial charge in [0, 0.05) is 17.9 Å². The van der Waals surface area contributed by atoms with E-state index in [1.807, 2.05) is 61.2 Å². The predicted octanol–water partition coefficient (Wildman–Crippen LogP) is 3.13. The van der Waals surface area contributed by atoms with Crippen LogP contribution in [0.3, 0.4) is 0 Å². The van der Waals surface area contributed by atoms with Gasteiger partial charge in [-0.3, -0.25) is 9.59 Å². The summed E-state index contributed by atoms with van der Waals surface area (Å²) in [5.41, 5.74) is 9.77. The molecule has 0 saturated carbocycles. The summed E-state index contributed by atoms with van der Waals surface area (Å²) in [4.78, 5) is 26.6. The van der Waals surface area contributed by atoms with Gasteiger partial charge >= 0.3 is 0 Å². The quantitative estimate of drug-likeness (QED) is 0.826. The van der Waals surface area contributed by atoms with Crippen molar-refractivity contribution >= 4 is 23.2 Å². The Labute approximate surface area is 160 Å². The highest BCUT2D eigenvalue weighted by atomic mass is 16.2. The topological polar surface area (TPSA) is 75.4 Å². The molecule has 2 aromatic rings. The van der Waals surface area contributed by atoms with E-state index in [-0.39, 0.29) is 11.8 Å². The number of fused-ring (bicyclic) bond motifs is 1. The number of nitrogens with one attached hydrogen (secondary N) is 1. The fourth-order valence-electron chi connectivity index (χ4n) is 3.42. The van der Waals surface area contributed by atoms with E-state index >= 15 is 0 Å². The van der Waals surface area contributed by atoms with Crippen molar-refractivity contribution in [1.82, 2.24) is 0 Å². The Hall–Kier alpha value is -2.66. The molecule has 0 aromatic heterocycles. The molecule has 27 heavy (non-hydrogen) atoms. The lowest BCUT2D eigenvalue weighted by Gasteiger charge is -2.17. The second-order valence-electron chi connectivity index (χ2n) is 7.52. The maximum Gasteiger partial charge on any atom is 0.241 e. The molecular formula is C22H27N3O2. The van der Waals surface area contributed by atoms with Crippen molar-refractivity contribution in [2.75, 3.05) is 16.8 Å². The lowest BCUT2D eigenvalue weighted by atomic mass is 10.0. The summed E-state index contributed by atoms with van der Waals surface area (Å²) in [6.45, 7) is 4.81. The first kappa shape index (κ1) is 19.1. The number of nitrogens with two attached hydrogens (primary N) is 1. The van der Waals surface area contributed by atoms with Crippen LogP contribution in [-0.4, -0.2) is 24.4 Å². The highest BCUT2D eigenvalue weighted by molar-refractivity contribution is 5.97. The van der Waals surface area contributed by atoms with E-state index in [9.17, 15) is 9.59 Å². The van der Waals surface area contributed by atoms with Gasteiger partial charge in [0.25, 0.3) is 0 Å². The zero-order chi connectivity index (χ0) is 19.4. The molecule has 5 heteroatoms. The minimum absolute atomic E-state index is 0.0932. The van der Waals surface area contributed by atoms with Crippen LogP contribution in [0.1, 0.15) is 31.4 Å². The van der Waals surface area contributed by atoms with Crippen molar-refractivity contribution in [3.8, 4) is 0 Å². The molecule has 0 fully saturated rings. The minimum atomic E-state index is -0.513. The lowest BCUT2D eigenvalue weighted by Crippen LogP contribution is -2.36. The van der Waals surface area contributed by atoms with Crippen LogP contribution in [0.2, 0.25) is 0 Å². The Morgan fingerprint density at radius 2 is 1.81 bits per heavy atom. The standard InChI is InChI=1S/C22H27N3O2/c1-15(2)13-19(23)22(27)24-18-9-7-16(8-10-18)14-21(26)25-12-11-17-5-3-4-6-20(17)25/h3-10,15,19H,11-14,23H2,1-2H3,(H,24,27)/t19-/m0/s1. The largest absolute Gasteiger partial charge is 0.325 e. The van der Waals surface area contributed by atoms with Gasteiger partial charge in [0.15, 0.2) is 0 Å². The van der Waals surface area contributed by atoms with Gasteiger partial charge < -0.3 is 16.0 Å². The molecule has 0 saturated heterocycles. The van der Waals surface area contributed by atoms with Crippen molar-refractivity contribution in [3.63, 3.8) is 0 Å². The molecule has 0 spiro atoms. The van der Waals surface area contributed by atoms with Gasteiger partial charge in [-0.2, -0.15) is 0 Å². The Morgan fingerprint density at radius 1 is 1.11 bits per heavy atom. The van der Waals surface area contributed by atoms with Crippen LogP contribution in [0, 0.1) is 5.92 Å². The Balaban J connectivity index is 1.58. The van der Waals surface area contributed by atoms with Crippen LogP contribution in [0.5, 0.6) is 0 Å². The van der Waals surface area contributed by atoms with Crippen LogP contribution in [-0.2, 0) is 22.4 Å². The van der Waals surface area contributed by atoms with E-state index in [1.54, 1.807) is 0 Å². The molecule has 0 unspecified atom stereocenters. The molecule has 0 bridgehead atoms. The van der Waals surface area contributed by atoms with Gasteiger partial charge in [-0.25, -0.2) is 0 Å². The lowest BCUT2D eigenvalue weighted by molar-refractivity contribution is -0.118. The van der Waals surface area contributed by atoms with Crippen LogP contribution in [0.25, 0.3) is 0 Å². The molecule has 0 aliphatic carbocycles. The summed E-state index contributed by atoms with van der Waals surface area (Å²) >= 11 is 0. The number of carbonyl (C=O) groups is 2. The summed E-state index contributed by atoms with van der Waals surface area (Å²) in [5, 5.41) is 2.84. The van der Waals surface area contributed by atoms with Gasteiger partial charge in [-0.05, 0) is 48.1 Å². The second kappa shape index (κ2) is 8.35. The third-order valence-corrected chi connectivity index (χ3v) is 4.83. The fraction of sp³-hybridized carbons (Fsp3) is 0.364. The smallest absolute Gasteiger partial charge is 0.241 e. The zero-order valence-electron chi connectivity index (χ0n) is 15.9. The Morgan fingerprint density at radius 3 is 2.52 bits per heavy atom. The Bertz CT molecular complexity index is 815. The maximum absolute atomic E-state index is 12.7. The number of carbonyl (C=O) groups excluding carboxylic acids is 2. The molecule has 1 atom stereocenters. The maximum atomic E-state index is 12.7. The monoisotopic (exact) mass is 365 g/mol. The molecule has 1 aliphatic heterocycles. The number of para-hydroxylation sites is 1. The van der Waals surface area contributed by atoms with Crippen LogP contribution >= 0.6 is 0 Å². The number of hydrogen-bond donors (Lipinski definition) is 2. The second-order valence-corrected chi connectivity index (χ2v) is 7.52. The number of anilines is 2. The van der Waals surface area contributed by atoms with Gasteiger partial charge in [0.1, 0.15) is 0 Å². The van der Waals surface area contributed by atoms with Crippen molar-refractivity contribution in [1.29, 1.82) is 0 Å². The average molecular weight is 365 g/mol. The number of nitrogens with zero attached hydrogens (tertiary/aromatic N) is 1. The highest BCUT2D eigenvalue weighted by Crippen LogP contribution is 2.28. The first-order valence-electron chi connectivity index (χ1n) is 9.47. The van der Waals surface area contributed by atoms with Crippen molar-refractivity contribution < 1.29 is 9.59 Å². The average Bonchev–Trinajstić information content (AvgIpc) is 3.07. The number of amides is 2. The fourth-order valence-corrected chi connectivity index (χ4v) is 3.42. The van der Waals surface area contributed by atoms with E-state index in [2.05, 4.69) is 11.4 Å². The summed E-state index contributed by atoms with van der Waals surface area (Å²) < 4.78 is 0. The third kappa shape index (κ3) is 4.74. The van der Waals surface area contributed by atoms with Gasteiger partial charge in [0.2, 0.25) is 11.8 Å². The van der Waals surface area contributed by atoms with Gasteiger partial charge in [-0.15, -0.1) is 0 Å². The van der Waals surface area contributed by atoms with E-state index in [0.29, 0.717) is 24.4 Å². The highest BCUT2D eigenvalue weighted by Gasteiger charge is 2.24. The predicted molar refractivity (Wildman–Crippen MR) is 109 cm³/mol. The third-order valence-electron chi connectivity index (χ3n) is 4.83. The SMILES string of the molecule is CC(C)C[C@H](N)C(=O)Nc1ccc(CC(=O)N2CCc3ccccc32)cc1. The van der Waals surface area contributed by atoms with Crippen molar-refractivity contribution in [3.05, 3.63) is 59.7 Å². The minimum Gasteiger partial charge on any atom is -0.325 e. The molecule has 0 radical (unpaired) electrons. The number of benzene rings is 2. The summed E-state index contributed by atoms with van der Waals surface area (Å²) in [6.07, 6.45) is 1.90. The zero-order valence-corrected chi connectivity index (χ0v) is 15.9.